The van der Waals surface area contributed by atoms with Gasteiger partial charge in [-0.2, -0.15) is 0 Å². The summed E-state index contributed by atoms with van der Waals surface area (Å²) >= 11 is 0. The number of cyclic esters (lactones) is 1. The molecule has 3 fully saturated rings. The van der Waals surface area contributed by atoms with Crippen molar-refractivity contribution in [3.05, 3.63) is 0 Å². The maximum Gasteiger partial charge on any atom is 0.311 e. The molecule has 0 bridgehead atoms. The molecular formula is C38H72N2O12. The minimum absolute atomic E-state index is 0.133. The monoisotopic (exact) mass is 749 g/mol. The van der Waals surface area contributed by atoms with Gasteiger partial charge in [-0.15, -0.1) is 0 Å². The minimum Gasteiger partial charge on any atom is -0.459 e. The standard InChI is InChI=1S/C38H72N2O12/c1-15-27-38(10,46)31(42)24(6)40(13)19-20(2)17-36(8,45)33(52-35-29(41)26(39(11)12)16-21(3)48-35)22(4)30(23(5)34(44)50-27)51-28-18-37(9,47-14)32(43)25(7)49-28/h20-33,35,41-43,45-46H,15-19H2,1-14H3/t20-,21-,22+,23-,24-,25+,26?,27-,28-,29?,30+,31-,32?,33-,35+,36-,37?,38-/m1/s1. The third kappa shape index (κ3) is 10.0. The van der Waals surface area contributed by atoms with Crippen molar-refractivity contribution in [2.45, 2.75) is 185 Å². The van der Waals surface area contributed by atoms with Crippen LogP contribution < -0.4 is 0 Å². The number of esters is 1. The van der Waals surface area contributed by atoms with E-state index in [9.17, 15) is 30.3 Å². The van der Waals surface area contributed by atoms with Crippen molar-refractivity contribution in [1.82, 2.24) is 9.80 Å². The van der Waals surface area contributed by atoms with Gasteiger partial charge in [-0.05, 0) is 94.8 Å². The second-order valence-electron chi connectivity index (χ2n) is 17.2. The number of ether oxygens (including phenoxy) is 6. The van der Waals surface area contributed by atoms with Crippen LogP contribution in [0.3, 0.4) is 0 Å². The molecule has 3 heterocycles. The average molecular weight is 749 g/mol. The van der Waals surface area contributed by atoms with Crippen molar-refractivity contribution in [3.63, 3.8) is 0 Å². The van der Waals surface area contributed by atoms with Gasteiger partial charge in [0.15, 0.2) is 12.6 Å². The molecule has 0 saturated carbocycles. The molecular weight excluding hydrogens is 676 g/mol. The molecule has 3 aliphatic rings. The highest BCUT2D eigenvalue weighted by atomic mass is 16.7. The molecule has 0 radical (unpaired) electrons. The van der Waals surface area contributed by atoms with Crippen LogP contribution in [0.4, 0.5) is 0 Å². The van der Waals surface area contributed by atoms with Crippen LogP contribution in [0.5, 0.6) is 0 Å². The van der Waals surface area contributed by atoms with Gasteiger partial charge < -0.3 is 63.8 Å². The van der Waals surface area contributed by atoms with Crippen molar-refractivity contribution >= 4 is 5.97 Å². The van der Waals surface area contributed by atoms with E-state index in [1.807, 2.05) is 51.7 Å². The molecule has 3 aliphatic heterocycles. The largest absolute Gasteiger partial charge is 0.459 e. The van der Waals surface area contributed by atoms with Gasteiger partial charge in [-0.1, -0.05) is 20.8 Å². The molecule has 0 aromatic carbocycles. The third-order valence-electron chi connectivity index (χ3n) is 12.2. The Bertz CT molecular complexity index is 1140. The second kappa shape index (κ2) is 17.8. The van der Waals surface area contributed by atoms with Gasteiger partial charge in [0, 0.05) is 38.1 Å². The van der Waals surface area contributed by atoms with E-state index in [4.69, 9.17) is 28.4 Å². The van der Waals surface area contributed by atoms with Crippen molar-refractivity contribution in [2.75, 3.05) is 34.8 Å². The van der Waals surface area contributed by atoms with E-state index < -0.39 is 96.0 Å². The van der Waals surface area contributed by atoms with Gasteiger partial charge in [-0.3, -0.25) is 4.79 Å². The van der Waals surface area contributed by atoms with Crippen LogP contribution in [0.15, 0.2) is 0 Å². The number of carbonyl (C=O) groups excluding carboxylic acids is 1. The third-order valence-corrected chi connectivity index (χ3v) is 12.2. The average Bonchev–Trinajstić information content (AvgIpc) is 3.05. The van der Waals surface area contributed by atoms with Crippen molar-refractivity contribution < 1.29 is 58.7 Å². The molecule has 306 valence electrons. The molecule has 52 heavy (non-hydrogen) atoms. The van der Waals surface area contributed by atoms with E-state index in [-0.39, 0.29) is 37.3 Å². The molecule has 4 unspecified atom stereocenters. The van der Waals surface area contributed by atoms with E-state index in [1.54, 1.807) is 41.5 Å². The number of nitrogens with zero attached hydrogens (tertiary/aromatic N) is 2. The highest BCUT2D eigenvalue weighted by molar-refractivity contribution is 5.73. The van der Waals surface area contributed by atoms with Crippen LogP contribution in [-0.4, -0.2) is 166 Å². The lowest BCUT2D eigenvalue weighted by Crippen LogP contribution is -2.60. The van der Waals surface area contributed by atoms with E-state index in [0.29, 0.717) is 13.0 Å². The number of rotatable bonds is 7. The quantitative estimate of drug-likeness (QED) is 0.238. The Kier molecular flexibility index (Phi) is 15.6. The van der Waals surface area contributed by atoms with Crippen LogP contribution in [0.2, 0.25) is 0 Å². The number of carbonyl (C=O) groups is 1. The Hall–Kier alpha value is -1.01. The molecule has 5 N–H and O–H groups in total. The molecule has 0 amide bonds. The molecule has 3 rings (SSSR count). The fraction of sp³-hybridized carbons (Fsp3) is 0.974. The molecule has 3 saturated heterocycles. The fourth-order valence-corrected chi connectivity index (χ4v) is 8.74. The first-order valence-corrected chi connectivity index (χ1v) is 19.1. The topological polar surface area (TPSA) is 180 Å². The first-order chi connectivity index (χ1) is 23.9. The first kappa shape index (κ1) is 45.4. The normalized spacial score (nSPS) is 49.6. The SMILES string of the molecule is CC[C@H]1OC(=O)[C@H](C)[C@@H](O[C@@H]2CC(C)(OC)C(O)[C@H](C)O2)[C@H](C)[C@@H](O[C@@H]2O[C@H](C)CC(N(C)C)C2O)[C@](C)(O)C[C@@H](C)CN(C)[C@H](C)[C@@H](O)[C@]1(C)O. The number of likely N-dealkylation sites (N-methyl/N-ethyl adjacent to an activating group) is 2. The molecule has 0 aliphatic carbocycles. The summed E-state index contributed by atoms with van der Waals surface area (Å²) in [5, 5.41) is 58.1. The molecule has 14 nitrogen and oxygen atoms in total. The van der Waals surface area contributed by atoms with E-state index in [2.05, 4.69) is 0 Å². The van der Waals surface area contributed by atoms with Gasteiger partial charge in [0.2, 0.25) is 0 Å². The van der Waals surface area contributed by atoms with Gasteiger partial charge in [-0.25, -0.2) is 0 Å². The first-order valence-electron chi connectivity index (χ1n) is 19.1. The van der Waals surface area contributed by atoms with Gasteiger partial charge in [0.05, 0.1) is 41.5 Å². The molecule has 0 aromatic rings. The zero-order valence-electron chi connectivity index (χ0n) is 34.2. The van der Waals surface area contributed by atoms with Crippen molar-refractivity contribution in [1.29, 1.82) is 0 Å². The van der Waals surface area contributed by atoms with Crippen molar-refractivity contribution in [3.8, 4) is 0 Å². The number of hydrogen-bond acceptors (Lipinski definition) is 14. The summed E-state index contributed by atoms with van der Waals surface area (Å²) in [5.74, 6) is -2.58. The van der Waals surface area contributed by atoms with E-state index in [1.165, 1.54) is 14.0 Å². The van der Waals surface area contributed by atoms with Gasteiger partial charge >= 0.3 is 5.97 Å². The lowest BCUT2D eigenvalue weighted by Gasteiger charge is -2.48. The Balaban J connectivity index is 2.17. The smallest absolute Gasteiger partial charge is 0.311 e. The van der Waals surface area contributed by atoms with Gasteiger partial charge in [0.1, 0.15) is 30.0 Å². The number of aliphatic hydroxyl groups is 5. The van der Waals surface area contributed by atoms with Crippen LogP contribution in [0.25, 0.3) is 0 Å². The molecule has 18 atom stereocenters. The molecule has 0 spiro atoms. The highest BCUT2D eigenvalue weighted by Crippen LogP contribution is 2.40. The van der Waals surface area contributed by atoms with E-state index in [0.717, 1.165) is 0 Å². The Labute approximate surface area is 312 Å². The molecule has 0 aromatic heterocycles. The number of aliphatic hydroxyl groups excluding tert-OH is 3. The number of hydrogen-bond donors (Lipinski definition) is 5. The zero-order valence-corrected chi connectivity index (χ0v) is 34.2. The Morgan fingerprint density at radius 2 is 1.56 bits per heavy atom. The van der Waals surface area contributed by atoms with Crippen molar-refractivity contribution in [2.24, 2.45) is 17.8 Å². The Morgan fingerprint density at radius 1 is 0.942 bits per heavy atom. The lowest BCUT2D eigenvalue weighted by molar-refractivity contribution is -0.318. The summed E-state index contributed by atoms with van der Waals surface area (Å²) in [6, 6.07) is -0.808. The highest BCUT2D eigenvalue weighted by Gasteiger charge is 2.52. The van der Waals surface area contributed by atoms with Crippen LogP contribution >= 0.6 is 0 Å². The van der Waals surface area contributed by atoms with Crippen LogP contribution in [0.1, 0.15) is 94.9 Å². The molecule has 14 heteroatoms. The zero-order chi connectivity index (χ0) is 39.7. The number of methoxy groups -OCH3 is 1. The summed E-state index contributed by atoms with van der Waals surface area (Å²) in [7, 11) is 7.12. The fourth-order valence-electron chi connectivity index (χ4n) is 8.74. The lowest BCUT2D eigenvalue weighted by atomic mass is 9.77. The summed E-state index contributed by atoms with van der Waals surface area (Å²) in [4.78, 5) is 18.0. The predicted octanol–water partition coefficient (Wildman–Crippen LogP) is 1.90. The van der Waals surface area contributed by atoms with E-state index >= 15 is 0 Å². The summed E-state index contributed by atoms with van der Waals surface area (Å²) in [6.07, 6.45) is -8.19. The Morgan fingerprint density at radius 3 is 2.12 bits per heavy atom. The summed E-state index contributed by atoms with van der Waals surface area (Å²) < 4.78 is 37.5. The van der Waals surface area contributed by atoms with Crippen LogP contribution in [-0.2, 0) is 33.2 Å². The second-order valence-corrected chi connectivity index (χ2v) is 17.2. The minimum atomic E-state index is -1.80. The van der Waals surface area contributed by atoms with Crippen LogP contribution in [0, 0.1) is 17.8 Å². The van der Waals surface area contributed by atoms with Gasteiger partial charge in [0.25, 0.3) is 0 Å². The maximum absolute atomic E-state index is 14.2. The predicted molar refractivity (Wildman–Crippen MR) is 194 cm³/mol. The maximum atomic E-state index is 14.2. The summed E-state index contributed by atoms with van der Waals surface area (Å²) in [5.41, 5.74) is -4.37. The summed E-state index contributed by atoms with van der Waals surface area (Å²) in [6.45, 7) is 18.0.